The van der Waals surface area contributed by atoms with E-state index in [1.807, 2.05) is 32.9 Å². The standard InChI is InChI=1S/C13H20N2O2.ClH/c1-4-17-11-7-5-10(6-8-11)15-13(16)12(14)9(2)3;/h5-9,12H,4,14H2,1-3H3,(H,15,16);1H. The monoisotopic (exact) mass is 272 g/mol. The van der Waals surface area contributed by atoms with Crippen molar-refractivity contribution in [2.75, 3.05) is 11.9 Å². The van der Waals surface area contributed by atoms with E-state index >= 15 is 0 Å². The van der Waals surface area contributed by atoms with Crippen LogP contribution in [0.1, 0.15) is 20.8 Å². The third-order valence-electron chi connectivity index (χ3n) is 2.45. The predicted octanol–water partition coefficient (Wildman–Crippen LogP) is 2.43. The fourth-order valence-corrected chi connectivity index (χ4v) is 1.33. The van der Waals surface area contributed by atoms with Crippen LogP contribution in [0.4, 0.5) is 5.69 Å². The number of hydrogen-bond acceptors (Lipinski definition) is 3. The van der Waals surface area contributed by atoms with E-state index in [9.17, 15) is 4.79 Å². The molecule has 1 aromatic carbocycles. The van der Waals surface area contributed by atoms with Crippen LogP contribution in [0.5, 0.6) is 5.75 Å². The SMILES string of the molecule is CCOc1ccc(NC(=O)C(N)C(C)C)cc1.Cl. The van der Waals surface area contributed by atoms with Crippen LogP contribution >= 0.6 is 12.4 Å². The lowest BCUT2D eigenvalue weighted by Crippen LogP contribution is -2.39. The summed E-state index contributed by atoms with van der Waals surface area (Å²) in [7, 11) is 0. The second-order valence-corrected chi connectivity index (χ2v) is 4.22. The average Bonchev–Trinajstić information content (AvgIpc) is 2.30. The molecule has 3 N–H and O–H groups in total. The smallest absolute Gasteiger partial charge is 0.241 e. The number of ether oxygens (including phenoxy) is 1. The highest BCUT2D eigenvalue weighted by Gasteiger charge is 2.16. The summed E-state index contributed by atoms with van der Waals surface area (Å²) in [6.45, 7) is 6.39. The molecule has 102 valence electrons. The van der Waals surface area contributed by atoms with E-state index in [4.69, 9.17) is 10.5 Å². The summed E-state index contributed by atoms with van der Waals surface area (Å²) in [5.41, 5.74) is 6.48. The molecule has 1 aromatic rings. The van der Waals surface area contributed by atoms with Gasteiger partial charge < -0.3 is 15.8 Å². The lowest BCUT2D eigenvalue weighted by atomic mass is 10.1. The van der Waals surface area contributed by atoms with E-state index in [1.165, 1.54) is 0 Å². The molecule has 0 fully saturated rings. The molecule has 0 spiro atoms. The highest BCUT2D eigenvalue weighted by atomic mass is 35.5. The number of nitrogens with two attached hydrogens (primary N) is 1. The first-order valence-corrected chi connectivity index (χ1v) is 5.84. The predicted molar refractivity (Wildman–Crippen MR) is 76.3 cm³/mol. The van der Waals surface area contributed by atoms with E-state index in [2.05, 4.69) is 5.32 Å². The lowest BCUT2D eigenvalue weighted by Gasteiger charge is -2.15. The van der Waals surface area contributed by atoms with Crippen LogP contribution in [0.25, 0.3) is 0 Å². The Morgan fingerprint density at radius 1 is 1.33 bits per heavy atom. The highest BCUT2D eigenvalue weighted by molar-refractivity contribution is 5.94. The van der Waals surface area contributed by atoms with Gasteiger partial charge in [0.1, 0.15) is 5.75 Å². The van der Waals surface area contributed by atoms with Crippen molar-refractivity contribution < 1.29 is 9.53 Å². The van der Waals surface area contributed by atoms with Crippen molar-refractivity contribution in [1.29, 1.82) is 0 Å². The van der Waals surface area contributed by atoms with Crippen LogP contribution in [0.2, 0.25) is 0 Å². The molecule has 1 amide bonds. The van der Waals surface area contributed by atoms with Gasteiger partial charge in [-0.1, -0.05) is 13.8 Å². The van der Waals surface area contributed by atoms with Gasteiger partial charge in [-0.15, -0.1) is 12.4 Å². The first-order chi connectivity index (χ1) is 8.04. The zero-order chi connectivity index (χ0) is 12.8. The van der Waals surface area contributed by atoms with Crippen molar-refractivity contribution >= 4 is 24.0 Å². The van der Waals surface area contributed by atoms with Crippen LogP contribution in [0, 0.1) is 5.92 Å². The Morgan fingerprint density at radius 2 is 1.89 bits per heavy atom. The summed E-state index contributed by atoms with van der Waals surface area (Å²) in [5, 5.41) is 2.77. The molecule has 0 aliphatic rings. The number of carbonyl (C=O) groups excluding carboxylic acids is 1. The third-order valence-corrected chi connectivity index (χ3v) is 2.45. The van der Waals surface area contributed by atoms with Gasteiger partial charge in [0.15, 0.2) is 0 Å². The van der Waals surface area contributed by atoms with Gasteiger partial charge in [0.25, 0.3) is 0 Å². The Hall–Kier alpha value is -1.26. The first-order valence-electron chi connectivity index (χ1n) is 5.84. The summed E-state index contributed by atoms with van der Waals surface area (Å²) in [5.74, 6) is 0.750. The third kappa shape index (κ3) is 4.94. The molecule has 0 saturated heterocycles. The number of amides is 1. The second kappa shape index (κ2) is 7.95. The van der Waals surface area contributed by atoms with Crippen molar-refractivity contribution in [2.24, 2.45) is 11.7 Å². The van der Waals surface area contributed by atoms with Crippen molar-refractivity contribution in [3.63, 3.8) is 0 Å². The van der Waals surface area contributed by atoms with Gasteiger partial charge in [0, 0.05) is 5.69 Å². The Kier molecular flexibility index (Phi) is 7.39. The summed E-state index contributed by atoms with van der Waals surface area (Å²) in [6, 6.07) is 6.76. The Morgan fingerprint density at radius 3 is 2.33 bits per heavy atom. The molecule has 0 heterocycles. The maximum Gasteiger partial charge on any atom is 0.241 e. The minimum Gasteiger partial charge on any atom is -0.494 e. The van der Waals surface area contributed by atoms with Crippen LogP contribution < -0.4 is 15.8 Å². The number of anilines is 1. The first kappa shape index (κ1) is 16.7. The fourth-order valence-electron chi connectivity index (χ4n) is 1.33. The van der Waals surface area contributed by atoms with Crippen LogP contribution in [0.15, 0.2) is 24.3 Å². The maximum atomic E-state index is 11.7. The summed E-state index contributed by atoms with van der Waals surface area (Å²) >= 11 is 0. The van der Waals surface area contributed by atoms with Gasteiger partial charge >= 0.3 is 0 Å². The van der Waals surface area contributed by atoms with E-state index in [0.717, 1.165) is 11.4 Å². The minimum absolute atomic E-state index is 0. The fraction of sp³-hybridized carbons (Fsp3) is 0.462. The highest BCUT2D eigenvalue weighted by Crippen LogP contribution is 2.16. The zero-order valence-electron chi connectivity index (χ0n) is 11.0. The van der Waals surface area contributed by atoms with Crippen molar-refractivity contribution in [2.45, 2.75) is 26.8 Å². The molecular weight excluding hydrogens is 252 g/mol. The second-order valence-electron chi connectivity index (χ2n) is 4.22. The number of carbonyl (C=O) groups is 1. The molecule has 5 heteroatoms. The molecule has 1 rings (SSSR count). The molecule has 1 atom stereocenters. The van der Waals surface area contributed by atoms with Gasteiger partial charge in [-0.3, -0.25) is 4.79 Å². The van der Waals surface area contributed by atoms with Gasteiger partial charge in [0.05, 0.1) is 12.6 Å². The topological polar surface area (TPSA) is 64.3 Å². The molecule has 4 nitrogen and oxygen atoms in total. The summed E-state index contributed by atoms with van der Waals surface area (Å²) in [4.78, 5) is 11.7. The Bertz CT molecular complexity index is 366. The van der Waals surface area contributed by atoms with Crippen molar-refractivity contribution in [3.8, 4) is 5.75 Å². The van der Waals surface area contributed by atoms with Gasteiger partial charge in [-0.05, 0) is 37.1 Å². The molecule has 18 heavy (non-hydrogen) atoms. The normalized spacial score (nSPS) is 11.6. The van der Waals surface area contributed by atoms with Gasteiger partial charge in [0.2, 0.25) is 5.91 Å². The van der Waals surface area contributed by atoms with E-state index in [1.54, 1.807) is 12.1 Å². The number of hydrogen-bond donors (Lipinski definition) is 2. The van der Waals surface area contributed by atoms with Crippen molar-refractivity contribution in [1.82, 2.24) is 0 Å². The molecule has 0 radical (unpaired) electrons. The lowest BCUT2D eigenvalue weighted by molar-refractivity contribution is -0.118. The average molecular weight is 273 g/mol. The number of nitrogens with one attached hydrogen (secondary N) is 1. The van der Waals surface area contributed by atoms with E-state index < -0.39 is 6.04 Å². The number of rotatable bonds is 5. The molecule has 0 bridgehead atoms. The van der Waals surface area contributed by atoms with Crippen LogP contribution in [-0.2, 0) is 4.79 Å². The van der Waals surface area contributed by atoms with Crippen LogP contribution in [-0.4, -0.2) is 18.6 Å². The van der Waals surface area contributed by atoms with Gasteiger partial charge in [-0.2, -0.15) is 0 Å². The summed E-state index contributed by atoms with van der Waals surface area (Å²) < 4.78 is 5.31. The van der Waals surface area contributed by atoms with E-state index in [-0.39, 0.29) is 24.2 Å². The Balaban J connectivity index is 0.00000289. The molecular formula is C13H21ClN2O2. The van der Waals surface area contributed by atoms with Crippen LogP contribution in [0.3, 0.4) is 0 Å². The number of halogens is 1. The maximum absolute atomic E-state index is 11.7. The molecule has 1 unspecified atom stereocenters. The Labute approximate surface area is 114 Å². The van der Waals surface area contributed by atoms with E-state index in [0.29, 0.717) is 6.61 Å². The number of benzene rings is 1. The van der Waals surface area contributed by atoms with Crippen molar-refractivity contribution in [3.05, 3.63) is 24.3 Å². The minimum atomic E-state index is -0.485. The zero-order valence-corrected chi connectivity index (χ0v) is 11.8. The molecule has 0 saturated carbocycles. The van der Waals surface area contributed by atoms with Gasteiger partial charge in [-0.25, -0.2) is 0 Å². The molecule has 0 aliphatic heterocycles. The summed E-state index contributed by atoms with van der Waals surface area (Å²) in [6.07, 6.45) is 0. The molecule has 0 aromatic heterocycles. The largest absolute Gasteiger partial charge is 0.494 e. The quantitative estimate of drug-likeness (QED) is 0.865. The molecule has 0 aliphatic carbocycles.